The van der Waals surface area contributed by atoms with Gasteiger partial charge in [-0.05, 0) is 32.4 Å². The number of halogens is 1. The van der Waals surface area contributed by atoms with Crippen molar-refractivity contribution in [2.75, 3.05) is 5.73 Å². The van der Waals surface area contributed by atoms with Gasteiger partial charge >= 0.3 is 0 Å². The molecule has 0 unspecified atom stereocenters. The van der Waals surface area contributed by atoms with Crippen LogP contribution in [-0.4, -0.2) is 9.78 Å². The zero-order valence-electron chi connectivity index (χ0n) is 10.7. The van der Waals surface area contributed by atoms with E-state index in [-0.39, 0.29) is 5.82 Å². The van der Waals surface area contributed by atoms with Crippen molar-refractivity contribution in [3.05, 3.63) is 35.3 Å². The van der Waals surface area contributed by atoms with Crippen molar-refractivity contribution in [3.8, 4) is 11.6 Å². The van der Waals surface area contributed by atoms with Crippen molar-refractivity contribution in [2.45, 2.75) is 27.3 Å². The second-order valence-corrected chi connectivity index (χ2v) is 4.13. The number of nitrogens with two attached hydrogens (primary N) is 1. The molecule has 0 saturated carbocycles. The number of benzene rings is 1. The highest BCUT2D eigenvalue weighted by Crippen LogP contribution is 2.31. The number of hydrogen-bond acceptors (Lipinski definition) is 3. The Hall–Kier alpha value is -2.04. The number of nitrogen functional groups attached to an aromatic ring is 1. The SMILES string of the molecule is CCn1nc(C)c(N)c1Oc1cc(F)ccc1C. The van der Waals surface area contributed by atoms with Crippen LogP contribution in [0.2, 0.25) is 0 Å². The molecule has 96 valence electrons. The first kappa shape index (κ1) is 12.4. The van der Waals surface area contributed by atoms with Gasteiger partial charge in [-0.1, -0.05) is 6.07 Å². The molecule has 4 nitrogen and oxygen atoms in total. The number of aromatic nitrogens is 2. The Kier molecular flexibility index (Phi) is 3.23. The molecule has 0 atom stereocenters. The normalized spacial score (nSPS) is 10.7. The number of ether oxygens (including phenoxy) is 1. The minimum atomic E-state index is -0.339. The van der Waals surface area contributed by atoms with Crippen LogP contribution < -0.4 is 10.5 Å². The third kappa shape index (κ3) is 2.16. The Balaban J connectivity index is 2.42. The number of hydrogen-bond donors (Lipinski definition) is 1. The van der Waals surface area contributed by atoms with Crippen molar-refractivity contribution in [2.24, 2.45) is 0 Å². The molecule has 2 aromatic rings. The standard InChI is InChI=1S/C13H16FN3O/c1-4-17-13(12(15)9(3)16-17)18-11-7-10(14)6-5-8(11)2/h5-7H,4,15H2,1-3H3. The molecule has 2 rings (SSSR count). The van der Waals surface area contributed by atoms with E-state index in [1.54, 1.807) is 10.7 Å². The number of aryl methyl sites for hydroxylation is 3. The van der Waals surface area contributed by atoms with Crippen molar-refractivity contribution in [3.63, 3.8) is 0 Å². The second kappa shape index (κ2) is 4.68. The van der Waals surface area contributed by atoms with Crippen molar-refractivity contribution in [1.82, 2.24) is 9.78 Å². The summed E-state index contributed by atoms with van der Waals surface area (Å²) in [5.41, 5.74) is 7.95. The van der Waals surface area contributed by atoms with E-state index in [1.807, 2.05) is 20.8 Å². The molecule has 1 aromatic heterocycles. The first-order valence-corrected chi connectivity index (χ1v) is 5.79. The molecule has 5 heteroatoms. The topological polar surface area (TPSA) is 53.1 Å². The van der Waals surface area contributed by atoms with Gasteiger partial charge in [0, 0.05) is 12.6 Å². The lowest BCUT2D eigenvalue weighted by Crippen LogP contribution is -2.01. The van der Waals surface area contributed by atoms with Crippen LogP contribution >= 0.6 is 0 Å². The van der Waals surface area contributed by atoms with Crippen molar-refractivity contribution < 1.29 is 9.13 Å². The smallest absolute Gasteiger partial charge is 0.241 e. The van der Waals surface area contributed by atoms with Gasteiger partial charge < -0.3 is 10.5 Å². The van der Waals surface area contributed by atoms with Gasteiger partial charge in [0.15, 0.2) is 0 Å². The summed E-state index contributed by atoms with van der Waals surface area (Å²) >= 11 is 0. The number of anilines is 1. The van der Waals surface area contributed by atoms with E-state index in [0.29, 0.717) is 29.6 Å². The summed E-state index contributed by atoms with van der Waals surface area (Å²) in [6.07, 6.45) is 0. The molecule has 0 aliphatic heterocycles. The van der Waals surface area contributed by atoms with Crippen LogP contribution in [0, 0.1) is 19.7 Å². The monoisotopic (exact) mass is 249 g/mol. The summed E-state index contributed by atoms with van der Waals surface area (Å²) in [4.78, 5) is 0. The summed E-state index contributed by atoms with van der Waals surface area (Å²) < 4.78 is 20.6. The molecule has 0 bridgehead atoms. The largest absolute Gasteiger partial charge is 0.437 e. The predicted octanol–water partition coefficient (Wildman–Crippen LogP) is 3.03. The molecule has 1 heterocycles. The first-order valence-electron chi connectivity index (χ1n) is 5.79. The van der Waals surface area contributed by atoms with Crippen LogP contribution in [0.3, 0.4) is 0 Å². The highest BCUT2D eigenvalue weighted by molar-refractivity contribution is 5.54. The molecule has 1 aromatic carbocycles. The van der Waals surface area contributed by atoms with Gasteiger partial charge in [-0.3, -0.25) is 0 Å². The van der Waals surface area contributed by atoms with E-state index in [9.17, 15) is 4.39 Å². The van der Waals surface area contributed by atoms with Crippen molar-refractivity contribution in [1.29, 1.82) is 0 Å². The molecular formula is C13H16FN3O. The lowest BCUT2D eigenvalue weighted by atomic mass is 10.2. The fourth-order valence-electron chi connectivity index (χ4n) is 1.68. The molecule has 0 aliphatic rings. The van der Waals surface area contributed by atoms with Crippen LogP contribution in [0.25, 0.3) is 0 Å². The van der Waals surface area contributed by atoms with E-state index >= 15 is 0 Å². The van der Waals surface area contributed by atoms with Gasteiger partial charge in [0.25, 0.3) is 0 Å². The average molecular weight is 249 g/mol. The molecule has 0 saturated heterocycles. The fourth-order valence-corrected chi connectivity index (χ4v) is 1.68. The zero-order valence-corrected chi connectivity index (χ0v) is 10.7. The summed E-state index contributed by atoms with van der Waals surface area (Å²) in [5, 5.41) is 4.25. The van der Waals surface area contributed by atoms with Crippen LogP contribution in [-0.2, 0) is 6.54 Å². The van der Waals surface area contributed by atoms with Gasteiger partial charge in [0.1, 0.15) is 17.3 Å². The maximum Gasteiger partial charge on any atom is 0.241 e. The average Bonchev–Trinajstić information content (AvgIpc) is 2.61. The van der Waals surface area contributed by atoms with Crippen LogP contribution in [0.5, 0.6) is 11.6 Å². The first-order chi connectivity index (χ1) is 8.52. The number of nitrogens with zero attached hydrogens (tertiary/aromatic N) is 2. The maximum absolute atomic E-state index is 13.2. The Morgan fingerprint density at radius 3 is 2.78 bits per heavy atom. The van der Waals surface area contributed by atoms with E-state index < -0.39 is 0 Å². The van der Waals surface area contributed by atoms with Gasteiger partial charge in [0.2, 0.25) is 5.88 Å². The molecular weight excluding hydrogens is 233 g/mol. The lowest BCUT2D eigenvalue weighted by Gasteiger charge is -2.10. The van der Waals surface area contributed by atoms with Crippen molar-refractivity contribution >= 4 is 5.69 Å². The van der Waals surface area contributed by atoms with E-state index in [2.05, 4.69) is 5.10 Å². The van der Waals surface area contributed by atoms with Crippen LogP contribution in [0.1, 0.15) is 18.2 Å². The minimum absolute atomic E-state index is 0.339. The third-order valence-corrected chi connectivity index (χ3v) is 2.78. The quantitative estimate of drug-likeness (QED) is 0.909. The minimum Gasteiger partial charge on any atom is -0.437 e. The molecule has 18 heavy (non-hydrogen) atoms. The Bertz CT molecular complexity index is 578. The van der Waals surface area contributed by atoms with Crippen LogP contribution in [0.15, 0.2) is 18.2 Å². The number of rotatable bonds is 3. The summed E-state index contributed by atoms with van der Waals surface area (Å²) in [6.45, 7) is 6.25. The second-order valence-electron chi connectivity index (χ2n) is 4.13. The van der Waals surface area contributed by atoms with Gasteiger partial charge in [-0.15, -0.1) is 0 Å². The molecule has 0 aliphatic carbocycles. The Morgan fingerprint density at radius 2 is 2.11 bits per heavy atom. The lowest BCUT2D eigenvalue weighted by molar-refractivity contribution is 0.413. The zero-order chi connectivity index (χ0) is 13.3. The highest BCUT2D eigenvalue weighted by Gasteiger charge is 2.15. The van der Waals surface area contributed by atoms with Crippen LogP contribution in [0.4, 0.5) is 10.1 Å². The van der Waals surface area contributed by atoms with E-state index in [0.717, 1.165) is 5.56 Å². The highest BCUT2D eigenvalue weighted by atomic mass is 19.1. The van der Waals surface area contributed by atoms with Gasteiger partial charge in [-0.25, -0.2) is 9.07 Å². The maximum atomic E-state index is 13.2. The Labute approximate surface area is 105 Å². The van der Waals surface area contributed by atoms with Gasteiger partial charge in [0.05, 0.1) is 5.69 Å². The molecule has 0 radical (unpaired) electrons. The molecule has 2 N–H and O–H groups in total. The molecule has 0 spiro atoms. The Morgan fingerprint density at radius 1 is 1.39 bits per heavy atom. The van der Waals surface area contributed by atoms with Gasteiger partial charge in [-0.2, -0.15) is 5.10 Å². The predicted molar refractivity (Wildman–Crippen MR) is 68.3 cm³/mol. The fraction of sp³-hybridized carbons (Fsp3) is 0.308. The summed E-state index contributed by atoms with van der Waals surface area (Å²) in [5.74, 6) is 0.577. The van der Waals surface area contributed by atoms with E-state index in [4.69, 9.17) is 10.5 Å². The molecule has 0 fully saturated rings. The molecule has 0 amide bonds. The third-order valence-electron chi connectivity index (χ3n) is 2.78. The summed E-state index contributed by atoms with van der Waals surface area (Å²) in [7, 11) is 0. The summed E-state index contributed by atoms with van der Waals surface area (Å²) in [6, 6.07) is 4.41. The van der Waals surface area contributed by atoms with E-state index in [1.165, 1.54) is 12.1 Å².